The second-order valence-corrected chi connectivity index (χ2v) is 6.21. The Hall–Kier alpha value is -2.09. The number of rotatable bonds is 9. The van der Waals surface area contributed by atoms with Gasteiger partial charge < -0.3 is 5.73 Å². The highest BCUT2D eigenvalue weighted by atomic mass is 14.7. The van der Waals surface area contributed by atoms with Crippen LogP contribution in [0.4, 0.5) is 0 Å². The van der Waals surface area contributed by atoms with E-state index in [1.54, 1.807) is 0 Å². The molecule has 0 aliphatic heterocycles. The summed E-state index contributed by atoms with van der Waals surface area (Å²) < 4.78 is 0. The predicted molar refractivity (Wildman–Crippen MR) is 100.0 cm³/mol. The van der Waals surface area contributed by atoms with Crippen LogP contribution in [0.15, 0.2) is 48.5 Å². The molecule has 0 fully saturated rings. The van der Waals surface area contributed by atoms with Crippen molar-refractivity contribution in [1.82, 2.24) is 0 Å². The highest BCUT2D eigenvalue weighted by molar-refractivity contribution is 5.95. The second-order valence-electron chi connectivity index (χ2n) is 6.21. The van der Waals surface area contributed by atoms with Gasteiger partial charge in [-0.05, 0) is 29.5 Å². The minimum atomic E-state index is 0.117. The van der Waals surface area contributed by atoms with E-state index in [-0.39, 0.29) is 5.84 Å². The fraction of sp³-hybridized carbons (Fsp3) is 0.381. The average Bonchev–Trinajstić information content (AvgIpc) is 2.58. The Kier molecular flexibility index (Phi) is 6.86. The summed E-state index contributed by atoms with van der Waals surface area (Å²) in [5, 5.41) is 7.43. The largest absolute Gasteiger partial charge is 0.384 e. The third kappa shape index (κ3) is 5.55. The van der Waals surface area contributed by atoms with Crippen molar-refractivity contribution >= 4 is 5.84 Å². The Morgan fingerprint density at radius 3 is 1.87 bits per heavy atom. The van der Waals surface area contributed by atoms with Gasteiger partial charge in [-0.25, -0.2) is 0 Å². The number of hydrogen-bond acceptors (Lipinski definition) is 1. The number of nitrogens with two attached hydrogens (primary N) is 1. The van der Waals surface area contributed by atoms with Crippen molar-refractivity contribution in [2.45, 2.75) is 51.9 Å². The van der Waals surface area contributed by atoms with Crippen LogP contribution in [-0.4, -0.2) is 5.84 Å². The molecule has 0 aliphatic rings. The van der Waals surface area contributed by atoms with E-state index in [0.29, 0.717) is 0 Å². The first-order valence-corrected chi connectivity index (χ1v) is 8.74. The van der Waals surface area contributed by atoms with Gasteiger partial charge in [-0.15, -0.1) is 0 Å². The van der Waals surface area contributed by atoms with Gasteiger partial charge in [0.2, 0.25) is 0 Å². The van der Waals surface area contributed by atoms with E-state index >= 15 is 0 Å². The van der Waals surface area contributed by atoms with Gasteiger partial charge in [-0.3, -0.25) is 5.41 Å². The molecule has 2 rings (SSSR count). The lowest BCUT2D eigenvalue weighted by Crippen LogP contribution is -2.10. The lowest BCUT2D eigenvalue weighted by Gasteiger charge is -2.06. The van der Waals surface area contributed by atoms with Crippen LogP contribution in [0.3, 0.4) is 0 Å². The summed E-state index contributed by atoms with van der Waals surface area (Å²) in [5.41, 5.74) is 10.1. The number of nitrogens with one attached hydrogen (secondary N) is 1. The van der Waals surface area contributed by atoms with E-state index in [0.717, 1.165) is 5.56 Å². The molecule has 0 unspecified atom stereocenters. The molecule has 3 N–H and O–H groups in total. The maximum absolute atomic E-state index is 7.43. The van der Waals surface area contributed by atoms with Crippen molar-refractivity contribution in [1.29, 1.82) is 5.41 Å². The van der Waals surface area contributed by atoms with Crippen LogP contribution >= 0.6 is 0 Å². The van der Waals surface area contributed by atoms with Crippen molar-refractivity contribution < 1.29 is 0 Å². The third-order valence-corrected chi connectivity index (χ3v) is 4.30. The fourth-order valence-electron chi connectivity index (χ4n) is 2.82. The van der Waals surface area contributed by atoms with Gasteiger partial charge in [0.1, 0.15) is 5.84 Å². The summed E-state index contributed by atoms with van der Waals surface area (Å²) >= 11 is 0. The summed E-state index contributed by atoms with van der Waals surface area (Å²) in [5.74, 6) is 0.117. The van der Waals surface area contributed by atoms with Gasteiger partial charge in [-0.2, -0.15) is 0 Å². The van der Waals surface area contributed by atoms with Gasteiger partial charge in [0.15, 0.2) is 0 Å². The normalized spacial score (nSPS) is 10.7. The molecule has 2 heteroatoms. The van der Waals surface area contributed by atoms with Crippen molar-refractivity contribution in [3.05, 3.63) is 59.7 Å². The first kappa shape index (κ1) is 17.3. The maximum atomic E-state index is 7.43. The van der Waals surface area contributed by atoms with E-state index in [9.17, 15) is 0 Å². The molecule has 23 heavy (non-hydrogen) atoms. The molecule has 122 valence electrons. The van der Waals surface area contributed by atoms with Crippen LogP contribution in [0.25, 0.3) is 11.1 Å². The SMILES string of the molecule is CCCCCCCCc1ccc(-c2ccc(C(=N)N)cc2)cc1. The second kappa shape index (κ2) is 9.14. The smallest absolute Gasteiger partial charge is 0.122 e. The zero-order chi connectivity index (χ0) is 16.5. The maximum Gasteiger partial charge on any atom is 0.122 e. The molecular formula is C21H28N2. The highest BCUT2D eigenvalue weighted by Gasteiger charge is 2.01. The van der Waals surface area contributed by atoms with E-state index in [1.807, 2.05) is 24.3 Å². The van der Waals surface area contributed by atoms with Gasteiger partial charge in [0, 0.05) is 5.56 Å². The van der Waals surface area contributed by atoms with E-state index < -0.39 is 0 Å². The standard InChI is InChI=1S/C21H28N2/c1-2-3-4-5-6-7-8-17-9-11-18(12-10-17)19-13-15-20(16-14-19)21(22)23/h9-16H,2-8H2,1H3,(H3,22,23). The Morgan fingerprint density at radius 2 is 1.30 bits per heavy atom. The first-order valence-electron chi connectivity index (χ1n) is 8.74. The number of aryl methyl sites for hydroxylation is 1. The summed E-state index contributed by atoms with van der Waals surface area (Å²) in [4.78, 5) is 0. The highest BCUT2D eigenvalue weighted by Crippen LogP contribution is 2.21. The number of unbranched alkanes of at least 4 members (excludes halogenated alkanes) is 5. The Morgan fingerprint density at radius 1 is 0.783 bits per heavy atom. The molecule has 2 aromatic rings. The van der Waals surface area contributed by atoms with Gasteiger partial charge in [0.05, 0.1) is 0 Å². The van der Waals surface area contributed by atoms with E-state index in [2.05, 4.69) is 31.2 Å². The summed E-state index contributed by atoms with van der Waals surface area (Å²) in [6.07, 6.45) is 9.24. The third-order valence-electron chi connectivity index (χ3n) is 4.30. The van der Waals surface area contributed by atoms with Crippen molar-refractivity contribution in [2.24, 2.45) is 5.73 Å². The molecule has 0 amide bonds. The number of benzene rings is 2. The topological polar surface area (TPSA) is 49.9 Å². The molecule has 2 nitrogen and oxygen atoms in total. The number of nitrogen functional groups attached to an aromatic ring is 1. The molecule has 0 aliphatic carbocycles. The fourth-order valence-corrected chi connectivity index (χ4v) is 2.82. The zero-order valence-electron chi connectivity index (χ0n) is 14.1. The minimum Gasteiger partial charge on any atom is -0.384 e. The molecular weight excluding hydrogens is 280 g/mol. The number of amidine groups is 1. The first-order chi connectivity index (χ1) is 11.2. The molecule has 0 radical (unpaired) electrons. The minimum absolute atomic E-state index is 0.117. The van der Waals surface area contributed by atoms with Crippen LogP contribution in [0, 0.1) is 5.41 Å². The van der Waals surface area contributed by atoms with E-state index in [1.165, 1.54) is 61.6 Å². The Balaban J connectivity index is 1.85. The molecule has 0 aromatic heterocycles. The molecule has 0 saturated carbocycles. The quantitative estimate of drug-likeness (QED) is 0.356. The van der Waals surface area contributed by atoms with Crippen LogP contribution in [0.2, 0.25) is 0 Å². The lowest BCUT2D eigenvalue weighted by atomic mass is 10.00. The van der Waals surface area contributed by atoms with Crippen LogP contribution in [-0.2, 0) is 6.42 Å². The van der Waals surface area contributed by atoms with Gasteiger partial charge >= 0.3 is 0 Å². The van der Waals surface area contributed by atoms with E-state index in [4.69, 9.17) is 11.1 Å². The predicted octanol–water partition coefficient (Wildman–Crippen LogP) is 5.54. The molecule has 2 aromatic carbocycles. The van der Waals surface area contributed by atoms with Crippen LogP contribution in [0.5, 0.6) is 0 Å². The summed E-state index contributed by atoms with van der Waals surface area (Å²) in [6, 6.07) is 16.7. The van der Waals surface area contributed by atoms with Crippen LogP contribution < -0.4 is 5.73 Å². The van der Waals surface area contributed by atoms with Crippen LogP contribution in [0.1, 0.15) is 56.6 Å². The monoisotopic (exact) mass is 308 g/mol. The molecule has 0 atom stereocenters. The van der Waals surface area contributed by atoms with Crippen molar-refractivity contribution in [2.75, 3.05) is 0 Å². The molecule has 0 heterocycles. The number of hydrogen-bond donors (Lipinski definition) is 2. The zero-order valence-corrected chi connectivity index (χ0v) is 14.1. The van der Waals surface area contributed by atoms with Crippen molar-refractivity contribution in [3.63, 3.8) is 0 Å². The lowest BCUT2D eigenvalue weighted by molar-refractivity contribution is 0.607. The summed E-state index contributed by atoms with van der Waals surface area (Å²) in [6.45, 7) is 2.26. The summed E-state index contributed by atoms with van der Waals surface area (Å²) in [7, 11) is 0. The van der Waals surface area contributed by atoms with Crippen molar-refractivity contribution in [3.8, 4) is 11.1 Å². The Labute approximate surface area is 140 Å². The average molecular weight is 308 g/mol. The van der Waals surface area contributed by atoms with Gasteiger partial charge in [0.25, 0.3) is 0 Å². The molecule has 0 saturated heterocycles. The Bertz CT molecular complexity index is 597. The van der Waals surface area contributed by atoms with Gasteiger partial charge in [-0.1, -0.05) is 87.6 Å². The molecule has 0 spiro atoms. The molecule has 0 bridgehead atoms.